The highest BCUT2D eigenvalue weighted by Gasteiger charge is 2.15. The highest BCUT2D eigenvalue weighted by molar-refractivity contribution is 7.99. The number of anilines is 1. The van der Waals surface area contributed by atoms with Crippen LogP contribution >= 0.6 is 11.8 Å². The van der Waals surface area contributed by atoms with E-state index in [0.29, 0.717) is 21.3 Å². The van der Waals surface area contributed by atoms with Gasteiger partial charge >= 0.3 is 5.97 Å². The number of esters is 1. The Kier molecular flexibility index (Phi) is 3.73. The van der Waals surface area contributed by atoms with Gasteiger partial charge in [-0.15, -0.1) is 0 Å². The molecule has 2 aromatic rings. The molecule has 0 spiro atoms. The molecule has 7 heteroatoms. The van der Waals surface area contributed by atoms with Crippen LogP contribution in [0.3, 0.4) is 0 Å². The van der Waals surface area contributed by atoms with Crippen molar-refractivity contribution in [3.05, 3.63) is 36.4 Å². The Morgan fingerprint density at radius 2 is 2.17 bits per heavy atom. The van der Waals surface area contributed by atoms with E-state index in [9.17, 15) is 4.79 Å². The van der Waals surface area contributed by atoms with Gasteiger partial charge in [0.05, 0.1) is 30.8 Å². The maximum Gasteiger partial charge on any atom is 0.340 e. The van der Waals surface area contributed by atoms with E-state index in [-0.39, 0.29) is 0 Å². The van der Waals surface area contributed by atoms with E-state index in [1.807, 2.05) is 0 Å². The second kappa shape index (κ2) is 5.46. The molecule has 2 heterocycles. The number of rotatable bonds is 3. The minimum Gasteiger partial charge on any atom is -0.465 e. The monoisotopic (exact) mass is 262 g/mol. The summed E-state index contributed by atoms with van der Waals surface area (Å²) in [4.78, 5) is 23.8. The summed E-state index contributed by atoms with van der Waals surface area (Å²) >= 11 is 1.23. The number of carbonyl (C=O) groups excluding carboxylic acids is 1. The second-order valence-electron chi connectivity index (χ2n) is 3.26. The molecule has 0 saturated carbocycles. The van der Waals surface area contributed by atoms with E-state index in [4.69, 9.17) is 5.73 Å². The number of carbonyl (C=O) groups is 1. The molecule has 0 saturated heterocycles. The van der Waals surface area contributed by atoms with Crippen LogP contribution in [-0.2, 0) is 4.74 Å². The van der Waals surface area contributed by atoms with E-state index in [2.05, 4.69) is 19.7 Å². The second-order valence-corrected chi connectivity index (χ2v) is 4.27. The maximum atomic E-state index is 11.6. The molecule has 0 aliphatic heterocycles. The summed E-state index contributed by atoms with van der Waals surface area (Å²) in [6, 6.07) is 1.53. The molecule has 92 valence electrons. The molecule has 2 aromatic heterocycles. The number of nitrogen functional groups attached to an aromatic ring is 1. The molecule has 0 atom stereocenters. The molecule has 0 aliphatic rings. The van der Waals surface area contributed by atoms with Gasteiger partial charge in [0, 0.05) is 12.4 Å². The van der Waals surface area contributed by atoms with Crippen molar-refractivity contribution in [2.24, 2.45) is 0 Å². The van der Waals surface area contributed by atoms with Gasteiger partial charge in [0.15, 0.2) is 0 Å². The van der Waals surface area contributed by atoms with Crippen LogP contribution in [0.25, 0.3) is 0 Å². The predicted octanol–water partition coefficient (Wildman–Crippen LogP) is 1.39. The average Bonchev–Trinajstić information content (AvgIpc) is 2.41. The number of pyridine rings is 1. The van der Waals surface area contributed by atoms with E-state index in [1.54, 1.807) is 18.6 Å². The first-order valence-corrected chi connectivity index (χ1v) is 5.80. The summed E-state index contributed by atoms with van der Waals surface area (Å²) in [6.45, 7) is 0. The van der Waals surface area contributed by atoms with E-state index in [1.165, 1.54) is 31.1 Å². The zero-order valence-electron chi connectivity index (χ0n) is 9.53. The third kappa shape index (κ3) is 2.75. The molecule has 2 rings (SSSR count). The van der Waals surface area contributed by atoms with Crippen molar-refractivity contribution in [3.8, 4) is 0 Å². The number of nitrogens with zero attached hydrogens (tertiary/aromatic N) is 3. The van der Waals surface area contributed by atoms with Gasteiger partial charge in [0.1, 0.15) is 10.1 Å². The first kappa shape index (κ1) is 12.3. The molecule has 0 radical (unpaired) electrons. The largest absolute Gasteiger partial charge is 0.465 e. The summed E-state index contributed by atoms with van der Waals surface area (Å²) in [6.07, 6.45) is 6.20. The Morgan fingerprint density at radius 1 is 1.33 bits per heavy atom. The predicted molar refractivity (Wildman–Crippen MR) is 66.1 cm³/mol. The van der Waals surface area contributed by atoms with Crippen molar-refractivity contribution >= 4 is 23.4 Å². The summed E-state index contributed by atoms with van der Waals surface area (Å²) in [5.41, 5.74) is 6.32. The van der Waals surface area contributed by atoms with Crippen molar-refractivity contribution in [2.45, 2.75) is 10.1 Å². The molecule has 0 bridgehead atoms. The number of ether oxygens (including phenoxy) is 1. The van der Waals surface area contributed by atoms with Gasteiger partial charge in [0.2, 0.25) is 0 Å². The lowest BCUT2D eigenvalue weighted by atomic mass is 10.3. The first-order chi connectivity index (χ1) is 8.70. The van der Waals surface area contributed by atoms with Crippen LogP contribution < -0.4 is 5.73 Å². The van der Waals surface area contributed by atoms with E-state index >= 15 is 0 Å². The summed E-state index contributed by atoms with van der Waals surface area (Å²) < 4.78 is 4.69. The topological polar surface area (TPSA) is 91.0 Å². The highest BCUT2D eigenvalue weighted by Crippen LogP contribution is 2.27. The number of hydrogen-bond donors (Lipinski definition) is 1. The zero-order valence-corrected chi connectivity index (χ0v) is 10.3. The zero-order chi connectivity index (χ0) is 13.0. The van der Waals surface area contributed by atoms with E-state index in [0.717, 1.165) is 0 Å². The van der Waals surface area contributed by atoms with Crippen LogP contribution in [0.5, 0.6) is 0 Å². The molecule has 18 heavy (non-hydrogen) atoms. The summed E-state index contributed by atoms with van der Waals surface area (Å²) in [7, 11) is 1.31. The Balaban J connectivity index is 2.35. The Hall–Kier alpha value is -2.15. The van der Waals surface area contributed by atoms with E-state index < -0.39 is 5.97 Å². The third-order valence-electron chi connectivity index (χ3n) is 2.02. The Labute approximate surface area is 108 Å². The van der Waals surface area contributed by atoms with Crippen LogP contribution in [0.15, 0.2) is 40.9 Å². The molecule has 0 aromatic carbocycles. The highest BCUT2D eigenvalue weighted by atomic mass is 32.2. The molecule has 6 nitrogen and oxygen atoms in total. The standard InChI is InChI=1S/C11H10N4O2S/c1-17-11(16)8-4-7(12)5-15-10(8)18-9-6-13-2-3-14-9/h2-6H,12H2,1H3. The first-order valence-electron chi connectivity index (χ1n) is 4.98. The number of hydrogen-bond acceptors (Lipinski definition) is 7. The molecular weight excluding hydrogens is 252 g/mol. The fraction of sp³-hybridized carbons (Fsp3) is 0.0909. The third-order valence-corrected chi connectivity index (χ3v) is 2.96. The van der Waals surface area contributed by atoms with Crippen molar-refractivity contribution in [2.75, 3.05) is 12.8 Å². The van der Waals surface area contributed by atoms with Gasteiger partial charge in [-0.1, -0.05) is 0 Å². The van der Waals surface area contributed by atoms with Crippen molar-refractivity contribution in [1.82, 2.24) is 15.0 Å². The smallest absolute Gasteiger partial charge is 0.340 e. The maximum absolute atomic E-state index is 11.6. The van der Waals surface area contributed by atoms with Crippen LogP contribution in [0.4, 0.5) is 5.69 Å². The fourth-order valence-corrected chi connectivity index (χ4v) is 2.03. The Bertz CT molecular complexity index is 562. The van der Waals surface area contributed by atoms with Gasteiger partial charge in [0.25, 0.3) is 0 Å². The van der Waals surface area contributed by atoms with Crippen molar-refractivity contribution < 1.29 is 9.53 Å². The van der Waals surface area contributed by atoms with Gasteiger partial charge in [-0.3, -0.25) is 4.98 Å². The SMILES string of the molecule is COC(=O)c1cc(N)cnc1Sc1cnccn1. The van der Waals surface area contributed by atoms with Gasteiger partial charge in [-0.2, -0.15) is 0 Å². The molecule has 0 aliphatic carbocycles. The van der Waals surface area contributed by atoms with Crippen LogP contribution in [-0.4, -0.2) is 28.0 Å². The quantitative estimate of drug-likeness (QED) is 0.836. The lowest BCUT2D eigenvalue weighted by Crippen LogP contribution is -2.05. The number of methoxy groups -OCH3 is 1. The minimum atomic E-state index is -0.485. The summed E-state index contributed by atoms with van der Waals surface area (Å²) in [5, 5.41) is 1.12. The average molecular weight is 262 g/mol. The van der Waals surface area contributed by atoms with Crippen molar-refractivity contribution in [3.63, 3.8) is 0 Å². The number of aromatic nitrogens is 3. The van der Waals surface area contributed by atoms with Crippen LogP contribution in [0.1, 0.15) is 10.4 Å². The van der Waals surface area contributed by atoms with Gasteiger partial charge < -0.3 is 10.5 Å². The van der Waals surface area contributed by atoms with Crippen molar-refractivity contribution in [1.29, 1.82) is 0 Å². The number of nitrogens with two attached hydrogens (primary N) is 1. The molecule has 0 amide bonds. The molecular formula is C11H10N4O2S. The van der Waals surface area contributed by atoms with Crippen LogP contribution in [0, 0.1) is 0 Å². The summed E-state index contributed by atoms with van der Waals surface area (Å²) in [5.74, 6) is -0.485. The normalized spacial score (nSPS) is 10.1. The fourth-order valence-electron chi connectivity index (χ4n) is 1.24. The molecule has 2 N–H and O–H groups in total. The van der Waals surface area contributed by atoms with Gasteiger partial charge in [-0.05, 0) is 17.8 Å². The Morgan fingerprint density at radius 3 is 2.83 bits per heavy atom. The molecule has 0 unspecified atom stereocenters. The minimum absolute atomic E-state index is 0.313. The van der Waals surface area contributed by atoms with Crippen LogP contribution in [0.2, 0.25) is 0 Å². The lowest BCUT2D eigenvalue weighted by Gasteiger charge is -2.06. The molecule has 0 fully saturated rings. The lowest BCUT2D eigenvalue weighted by molar-refractivity contribution is 0.0596. The van der Waals surface area contributed by atoms with Gasteiger partial charge in [-0.25, -0.2) is 14.8 Å².